The standard InChI is InChI=1S/C16H22N2O3/c1-5-21-13-8-6-7-12(9-13)18-11(4)15(19)17-14(10(2)3)16(18)20/h6-11,14H,5H2,1-4H3,(H,17,19). The highest BCUT2D eigenvalue weighted by Crippen LogP contribution is 2.27. The molecule has 5 nitrogen and oxygen atoms in total. The number of nitrogens with one attached hydrogen (secondary N) is 1. The molecule has 1 saturated heterocycles. The van der Waals surface area contributed by atoms with Crippen LogP contribution in [0.15, 0.2) is 24.3 Å². The topological polar surface area (TPSA) is 58.6 Å². The molecule has 1 N–H and O–H groups in total. The first-order valence-corrected chi connectivity index (χ1v) is 7.32. The molecule has 2 atom stereocenters. The van der Waals surface area contributed by atoms with E-state index in [1.807, 2.05) is 39.0 Å². The number of rotatable bonds is 4. The van der Waals surface area contributed by atoms with Crippen LogP contribution in [-0.4, -0.2) is 30.5 Å². The average molecular weight is 290 g/mol. The number of hydrogen-bond donors (Lipinski definition) is 1. The average Bonchev–Trinajstić information content (AvgIpc) is 2.43. The molecule has 114 valence electrons. The predicted octanol–water partition coefficient (Wildman–Crippen LogP) is 1.96. The quantitative estimate of drug-likeness (QED) is 0.922. The molecule has 0 aliphatic carbocycles. The zero-order valence-corrected chi connectivity index (χ0v) is 12.9. The molecule has 2 rings (SSSR count). The third-order valence-electron chi connectivity index (χ3n) is 3.64. The number of nitrogens with zero attached hydrogens (tertiary/aromatic N) is 1. The fraction of sp³-hybridized carbons (Fsp3) is 0.500. The Kier molecular flexibility index (Phi) is 4.50. The van der Waals surface area contributed by atoms with Crippen molar-refractivity contribution in [1.82, 2.24) is 5.32 Å². The molecule has 2 unspecified atom stereocenters. The highest BCUT2D eigenvalue weighted by Gasteiger charge is 2.40. The van der Waals surface area contributed by atoms with Gasteiger partial charge in [-0.1, -0.05) is 19.9 Å². The molecule has 1 aliphatic rings. The first kappa shape index (κ1) is 15.4. The molecule has 1 aromatic carbocycles. The van der Waals surface area contributed by atoms with Gasteiger partial charge in [-0.05, 0) is 31.9 Å². The van der Waals surface area contributed by atoms with Crippen LogP contribution < -0.4 is 15.0 Å². The van der Waals surface area contributed by atoms with E-state index in [4.69, 9.17) is 4.74 Å². The molecule has 1 aromatic rings. The summed E-state index contributed by atoms with van der Waals surface area (Å²) < 4.78 is 5.47. The maximum absolute atomic E-state index is 12.7. The number of carbonyl (C=O) groups excluding carboxylic acids is 2. The maximum atomic E-state index is 12.7. The van der Waals surface area contributed by atoms with E-state index < -0.39 is 12.1 Å². The van der Waals surface area contributed by atoms with Gasteiger partial charge >= 0.3 is 0 Å². The van der Waals surface area contributed by atoms with Gasteiger partial charge in [0, 0.05) is 11.8 Å². The zero-order chi connectivity index (χ0) is 15.6. The van der Waals surface area contributed by atoms with Crippen molar-refractivity contribution in [2.24, 2.45) is 5.92 Å². The fourth-order valence-electron chi connectivity index (χ4n) is 2.49. The summed E-state index contributed by atoms with van der Waals surface area (Å²) in [4.78, 5) is 26.3. The van der Waals surface area contributed by atoms with E-state index in [-0.39, 0.29) is 17.7 Å². The lowest BCUT2D eigenvalue weighted by Gasteiger charge is -2.38. The van der Waals surface area contributed by atoms with Crippen LogP contribution in [0.4, 0.5) is 5.69 Å². The number of hydrogen-bond acceptors (Lipinski definition) is 3. The second-order valence-electron chi connectivity index (χ2n) is 5.54. The molecule has 0 spiro atoms. The van der Waals surface area contributed by atoms with Gasteiger partial charge in [0.05, 0.1) is 6.61 Å². The van der Waals surface area contributed by atoms with Gasteiger partial charge in [0.1, 0.15) is 17.8 Å². The summed E-state index contributed by atoms with van der Waals surface area (Å²) in [5, 5.41) is 2.79. The van der Waals surface area contributed by atoms with Crippen LogP contribution in [0.2, 0.25) is 0 Å². The predicted molar refractivity (Wildman–Crippen MR) is 81.3 cm³/mol. The van der Waals surface area contributed by atoms with Crippen molar-refractivity contribution in [3.63, 3.8) is 0 Å². The lowest BCUT2D eigenvalue weighted by molar-refractivity contribution is -0.134. The molecule has 1 aliphatic heterocycles. The van der Waals surface area contributed by atoms with E-state index >= 15 is 0 Å². The van der Waals surface area contributed by atoms with E-state index in [1.54, 1.807) is 17.9 Å². The molecule has 0 bridgehead atoms. The SMILES string of the molecule is CCOc1cccc(N2C(=O)C(C(C)C)NC(=O)C2C)c1. The zero-order valence-electron chi connectivity index (χ0n) is 12.9. The Morgan fingerprint density at radius 2 is 2.05 bits per heavy atom. The normalized spacial score (nSPS) is 22.4. The van der Waals surface area contributed by atoms with Gasteiger partial charge < -0.3 is 10.1 Å². The molecule has 1 fully saturated rings. The van der Waals surface area contributed by atoms with Crippen molar-refractivity contribution in [2.75, 3.05) is 11.5 Å². The van der Waals surface area contributed by atoms with Crippen LogP contribution in [0.1, 0.15) is 27.7 Å². The van der Waals surface area contributed by atoms with E-state index in [9.17, 15) is 9.59 Å². The van der Waals surface area contributed by atoms with Crippen molar-refractivity contribution in [2.45, 2.75) is 39.8 Å². The molecule has 1 heterocycles. The Morgan fingerprint density at radius 3 is 2.67 bits per heavy atom. The Hall–Kier alpha value is -2.04. The fourth-order valence-corrected chi connectivity index (χ4v) is 2.49. The van der Waals surface area contributed by atoms with Gasteiger partial charge in [-0.25, -0.2) is 0 Å². The summed E-state index contributed by atoms with van der Waals surface area (Å²) in [6.45, 7) is 8.05. The summed E-state index contributed by atoms with van der Waals surface area (Å²) in [5.74, 6) is 0.537. The molecule has 5 heteroatoms. The van der Waals surface area contributed by atoms with Crippen molar-refractivity contribution in [3.05, 3.63) is 24.3 Å². The minimum Gasteiger partial charge on any atom is -0.494 e. The van der Waals surface area contributed by atoms with Gasteiger partial charge in [0.2, 0.25) is 5.91 Å². The summed E-state index contributed by atoms with van der Waals surface area (Å²) >= 11 is 0. The van der Waals surface area contributed by atoms with Gasteiger partial charge in [-0.15, -0.1) is 0 Å². The lowest BCUT2D eigenvalue weighted by atomic mass is 9.98. The number of carbonyl (C=O) groups is 2. The van der Waals surface area contributed by atoms with E-state index in [0.717, 1.165) is 0 Å². The van der Waals surface area contributed by atoms with Crippen molar-refractivity contribution in [3.8, 4) is 5.75 Å². The summed E-state index contributed by atoms with van der Waals surface area (Å²) in [6, 6.07) is 6.29. The van der Waals surface area contributed by atoms with Gasteiger partial charge in [-0.3, -0.25) is 14.5 Å². The Labute approximate surface area is 125 Å². The maximum Gasteiger partial charge on any atom is 0.250 e. The van der Waals surface area contributed by atoms with E-state index in [0.29, 0.717) is 18.0 Å². The monoisotopic (exact) mass is 290 g/mol. The minimum absolute atomic E-state index is 0.0477. The highest BCUT2D eigenvalue weighted by molar-refractivity contribution is 6.08. The van der Waals surface area contributed by atoms with E-state index in [2.05, 4.69) is 5.32 Å². The molecular formula is C16H22N2O3. The Balaban J connectivity index is 2.36. The second-order valence-corrected chi connectivity index (χ2v) is 5.54. The van der Waals surface area contributed by atoms with Crippen LogP contribution in [0, 0.1) is 5.92 Å². The molecular weight excluding hydrogens is 268 g/mol. The van der Waals surface area contributed by atoms with Crippen LogP contribution in [0.25, 0.3) is 0 Å². The summed E-state index contributed by atoms with van der Waals surface area (Å²) in [6.07, 6.45) is 0. The number of piperazine rings is 1. The smallest absolute Gasteiger partial charge is 0.250 e. The Morgan fingerprint density at radius 1 is 1.33 bits per heavy atom. The van der Waals surface area contributed by atoms with Crippen LogP contribution in [0.3, 0.4) is 0 Å². The summed E-state index contributed by atoms with van der Waals surface area (Å²) in [5.41, 5.74) is 0.693. The number of amides is 2. The van der Waals surface area contributed by atoms with Gasteiger partial charge in [0.15, 0.2) is 0 Å². The lowest BCUT2D eigenvalue weighted by Crippen LogP contribution is -2.64. The summed E-state index contributed by atoms with van der Waals surface area (Å²) in [7, 11) is 0. The van der Waals surface area contributed by atoms with E-state index in [1.165, 1.54) is 0 Å². The van der Waals surface area contributed by atoms with Crippen molar-refractivity contribution < 1.29 is 14.3 Å². The van der Waals surface area contributed by atoms with Crippen molar-refractivity contribution >= 4 is 17.5 Å². The third-order valence-corrected chi connectivity index (χ3v) is 3.64. The first-order valence-electron chi connectivity index (χ1n) is 7.32. The van der Waals surface area contributed by atoms with Gasteiger partial charge in [0.25, 0.3) is 5.91 Å². The molecule has 0 aromatic heterocycles. The first-order chi connectivity index (χ1) is 9.95. The molecule has 0 radical (unpaired) electrons. The van der Waals surface area contributed by atoms with Crippen LogP contribution >= 0.6 is 0 Å². The Bertz CT molecular complexity index is 542. The highest BCUT2D eigenvalue weighted by atomic mass is 16.5. The second kappa shape index (κ2) is 6.16. The number of benzene rings is 1. The van der Waals surface area contributed by atoms with Gasteiger partial charge in [-0.2, -0.15) is 0 Å². The van der Waals surface area contributed by atoms with Crippen molar-refractivity contribution in [1.29, 1.82) is 0 Å². The third kappa shape index (κ3) is 3.01. The van der Waals surface area contributed by atoms with Crippen LogP contribution in [-0.2, 0) is 9.59 Å². The molecule has 21 heavy (non-hydrogen) atoms. The largest absolute Gasteiger partial charge is 0.494 e. The number of anilines is 1. The molecule has 0 saturated carbocycles. The number of ether oxygens (including phenoxy) is 1. The van der Waals surface area contributed by atoms with Crippen LogP contribution in [0.5, 0.6) is 5.75 Å². The molecule has 2 amide bonds. The minimum atomic E-state index is -0.524.